The van der Waals surface area contributed by atoms with Crippen LogP contribution >= 0.6 is 22.9 Å². The maximum atomic E-state index is 5.66. The lowest BCUT2D eigenvalue weighted by Crippen LogP contribution is -2.61. The first-order valence-electron chi connectivity index (χ1n) is 5.56. The molecule has 2 atom stereocenters. The SMILES string of the molecule is INCC1(N2C[C@H]3C[C@@H]2CO3)CCC1. The summed E-state index contributed by atoms with van der Waals surface area (Å²) in [5.74, 6) is 0. The van der Waals surface area contributed by atoms with Crippen molar-refractivity contribution in [2.24, 2.45) is 0 Å². The fourth-order valence-corrected chi connectivity index (χ4v) is 3.97. The van der Waals surface area contributed by atoms with E-state index in [-0.39, 0.29) is 0 Å². The molecule has 1 aliphatic carbocycles. The van der Waals surface area contributed by atoms with Crippen molar-refractivity contribution >= 4 is 22.9 Å². The van der Waals surface area contributed by atoms with E-state index in [1.807, 2.05) is 0 Å². The summed E-state index contributed by atoms with van der Waals surface area (Å²) < 4.78 is 8.99. The van der Waals surface area contributed by atoms with Crippen LogP contribution in [0.5, 0.6) is 0 Å². The number of nitrogens with one attached hydrogen (secondary N) is 1. The first kappa shape index (κ1) is 9.81. The highest BCUT2D eigenvalue weighted by Crippen LogP contribution is 2.44. The summed E-state index contributed by atoms with van der Waals surface area (Å²) in [6.07, 6.45) is 6.00. The number of morpholine rings is 1. The van der Waals surface area contributed by atoms with Gasteiger partial charge in [-0.25, -0.2) is 0 Å². The maximum Gasteiger partial charge on any atom is 0.0718 e. The van der Waals surface area contributed by atoms with Gasteiger partial charge in [0.15, 0.2) is 0 Å². The van der Waals surface area contributed by atoms with Crippen molar-refractivity contribution in [2.45, 2.75) is 43.4 Å². The number of likely N-dealkylation sites (tertiary alicyclic amines) is 1. The summed E-state index contributed by atoms with van der Waals surface area (Å²) in [7, 11) is 0. The summed E-state index contributed by atoms with van der Waals surface area (Å²) >= 11 is 2.28. The smallest absolute Gasteiger partial charge is 0.0718 e. The van der Waals surface area contributed by atoms with Crippen molar-refractivity contribution in [3.63, 3.8) is 0 Å². The van der Waals surface area contributed by atoms with Gasteiger partial charge < -0.3 is 4.74 Å². The minimum atomic E-state index is 0.490. The monoisotopic (exact) mass is 308 g/mol. The third-order valence-electron chi connectivity index (χ3n) is 4.19. The summed E-state index contributed by atoms with van der Waals surface area (Å²) in [5, 5.41) is 0. The summed E-state index contributed by atoms with van der Waals surface area (Å²) in [4.78, 5) is 2.73. The highest BCUT2D eigenvalue weighted by molar-refractivity contribution is 14.1. The molecule has 14 heavy (non-hydrogen) atoms. The molecule has 80 valence electrons. The molecule has 3 fully saturated rings. The Hall–Kier alpha value is 0.610. The highest BCUT2D eigenvalue weighted by Gasteiger charge is 2.51. The van der Waals surface area contributed by atoms with Crippen molar-refractivity contribution in [3.05, 3.63) is 0 Å². The van der Waals surface area contributed by atoms with Gasteiger partial charge in [-0.2, -0.15) is 0 Å². The second-order valence-electron chi connectivity index (χ2n) is 4.89. The number of nitrogens with zero attached hydrogens (tertiary/aromatic N) is 1. The van der Waals surface area contributed by atoms with Crippen LogP contribution in [0.3, 0.4) is 0 Å². The lowest BCUT2D eigenvalue weighted by atomic mass is 9.75. The van der Waals surface area contributed by atoms with Gasteiger partial charge in [0.2, 0.25) is 0 Å². The maximum absolute atomic E-state index is 5.66. The average Bonchev–Trinajstić information content (AvgIpc) is 2.72. The van der Waals surface area contributed by atoms with E-state index in [0.29, 0.717) is 11.6 Å². The molecular weight excluding hydrogens is 291 g/mol. The Morgan fingerprint density at radius 2 is 2.36 bits per heavy atom. The van der Waals surface area contributed by atoms with E-state index in [4.69, 9.17) is 4.74 Å². The van der Waals surface area contributed by atoms with Crippen molar-refractivity contribution in [3.8, 4) is 0 Å². The summed E-state index contributed by atoms with van der Waals surface area (Å²) in [5.41, 5.74) is 0.490. The zero-order valence-corrected chi connectivity index (χ0v) is 10.5. The number of hydrogen-bond acceptors (Lipinski definition) is 3. The molecule has 0 aromatic heterocycles. The topological polar surface area (TPSA) is 24.5 Å². The molecule has 1 saturated carbocycles. The van der Waals surface area contributed by atoms with Crippen molar-refractivity contribution in [2.75, 3.05) is 19.7 Å². The van der Waals surface area contributed by atoms with Crippen LogP contribution in [0.25, 0.3) is 0 Å². The molecule has 1 N–H and O–H groups in total. The van der Waals surface area contributed by atoms with Crippen LogP contribution in [0.15, 0.2) is 0 Å². The number of rotatable bonds is 3. The van der Waals surface area contributed by atoms with Gasteiger partial charge >= 0.3 is 0 Å². The quantitative estimate of drug-likeness (QED) is 0.629. The molecule has 3 aliphatic rings. The number of fused-ring (bicyclic) bond motifs is 2. The van der Waals surface area contributed by atoms with E-state index in [2.05, 4.69) is 31.3 Å². The van der Waals surface area contributed by atoms with Crippen molar-refractivity contribution in [1.29, 1.82) is 0 Å². The zero-order valence-electron chi connectivity index (χ0n) is 8.34. The van der Waals surface area contributed by atoms with Crippen LogP contribution < -0.4 is 3.53 Å². The van der Waals surface area contributed by atoms with Gasteiger partial charge in [0, 0.05) is 47.5 Å². The van der Waals surface area contributed by atoms with E-state index in [1.165, 1.54) is 32.2 Å². The second kappa shape index (κ2) is 3.57. The molecule has 4 heteroatoms. The molecular formula is C10H17IN2O. The number of hydrogen-bond donors (Lipinski definition) is 1. The lowest BCUT2D eigenvalue weighted by molar-refractivity contribution is -0.0550. The predicted octanol–water partition coefficient (Wildman–Crippen LogP) is 1.32. The number of halogens is 1. The molecule has 0 unspecified atom stereocenters. The van der Waals surface area contributed by atoms with E-state index in [9.17, 15) is 0 Å². The Balaban J connectivity index is 1.74. The van der Waals surface area contributed by atoms with E-state index >= 15 is 0 Å². The Bertz CT molecular complexity index is 232. The summed E-state index contributed by atoms with van der Waals surface area (Å²) in [6.45, 7) is 3.31. The van der Waals surface area contributed by atoms with Crippen molar-refractivity contribution < 1.29 is 4.74 Å². The molecule has 2 saturated heterocycles. The molecule has 0 spiro atoms. The molecule has 2 heterocycles. The first-order valence-corrected chi connectivity index (χ1v) is 6.64. The van der Waals surface area contributed by atoms with Crippen LogP contribution in [0, 0.1) is 0 Å². The van der Waals surface area contributed by atoms with Gasteiger partial charge in [-0.3, -0.25) is 8.43 Å². The minimum Gasteiger partial charge on any atom is -0.375 e. The largest absolute Gasteiger partial charge is 0.375 e. The fourth-order valence-electron chi connectivity index (χ4n) is 3.26. The lowest BCUT2D eigenvalue weighted by Gasteiger charge is -2.51. The third-order valence-corrected chi connectivity index (χ3v) is 4.57. The fraction of sp³-hybridized carbons (Fsp3) is 1.00. The van der Waals surface area contributed by atoms with Crippen LogP contribution in [-0.2, 0) is 4.74 Å². The molecule has 3 nitrogen and oxygen atoms in total. The van der Waals surface area contributed by atoms with Crippen LogP contribution in [0.1, 0.15) is 25.7 Å². The van der Waals surface area contributed by atoms with E-state index in [1.54, 1.807) is 0 Å². The molecule has 3 rings (SSSR count). The number of ether oxygens (including phenoxy) is 1. The van der Waals surface area contributed by atoms with Gasteiger partial charge in [0.1, 0.15) is 0 Å². The second-order valence-corrected chi connectivity index (χ2v) is 5.65. The van der Waals surface area contributed by atoms with E-state index in [0.717, 1.165) is 19.2 Å². The zero-order chi connectivity index (χ0) is 9.60. The van der Waals surface area contributed by atoms with Gasteiger partial charge in [-0.1, -0.05) is 0 Å². The normalized spacial score (nSPS) is 40.1. The van der Waals surface area contributed by atoms with Gasteiger partial charge in [0.25, 0.3) is 0 Å². The molecule has 0 amide bonds. The highest BCUT2D eigenvalue weighted by atomic mass is 127. The third kappa shape index (κ3) is 1.34. The van der Waals surface area contributed by atoms with E-state index < -0.39 is 0 Å². The van der Waals surface area contributed by atoms with Crippen LogP contribution in [-0.4, -0.2) is 42.3 Å². The molecule has 2 bridgehead atoms. The van der Waals surface area contributed by atoms with Gasteiger partial charge in [-0.05, 0) is 25.7 Å². The van der Waals surface area contributed by atoms with Crippen molar-refractivity contribution in [1.82, 2.24) is 8.43 Å². The molecule has 2 aliphatic heterocycles. The first-order chi connectivity index (χ1) is 6.84. The van der Waals surface area contributed by atoms with Gasteiger partial charge in [-0.15, -0.1) is 0 Å². The summed E-state index contributed by atoms with van der Waals surface area (Å²) in [6, 6.07) is 0.727. The average molecular weight is 308 g/mol. The molecule has 0 aromatic rings. The van der Waals surface area contributed by atoms with Crippen LogP contribution in [0.4, 0.5) is 0 Å². The standard InChI is InChI=1S/C10H17IN2O/c11-12-7-10(2-1-3-10)13-5-9-4-8(13)6-14-9/h8-9,12H,1-7H2/t8-,9-/m1/s1. The Morgan fingerprint density at radius 1 is 1.50 bits per heavy atom. The molecule has 0 radical (unpaired) electrons. The Labute approximate surface area is 99.0 Å². The van der Waals surface area contributed by atoms with Crippen LogP contribution in [0.2, 0.25) is 0 Å². The predicted molar refractivity (Wildman–Crippen MR) is 63.5 cm³/mol. The van der Waals surface area contributed by atoms with Gasteiger partial charge in [0.05, 0.1) is 12.7 Å². The molecule has 0 aromatic carbocycles. The Kier molecular flexibility index (Phi) is 2.50. The minimum absolute atomic E-state index is 0.490. The Morgan fingerprint density at radius 3 is 2.79 bits per heavy atom.